The smallest absolute Gasteiger partial charge is 0.267 e. The maximum absolute atomic E-state index is 12.5. The van der Waals surface area contributed by atoms with E-state index in [2.05, 4.69) is 5.16 Å². The predicted octanol–water partition coefficient (Wildman–Crippen LogP) is 1.52. The summed E-state index contributed by atoms with van der Waals surface area (Å²) in [6, 6.07) is 7.33. The molecule has 1 N–H and O–H groups in total. The van der Waals surface area contributed by atoms with Gasteiger partial charge in [-0.05, 0) is 12.1 Å². The Labute approximate surface area is 122 Å². The summed E-state index contributed by atoms with van der Waals surface area (Å²) in [4.78, 5) is 14.3. The van der Waals surface area contributed by atoms with Gasteiger partial charge in [0.05, 0.1) is 5.71 Å². The van der Waals surface area contributed by atoms with Crippen LogP contribution >= 0.6 is 0 Å². The van der Waals surface area contributed by atoms with Gasteiger partial charge >= 0.3 is 0 Å². The van der Waals surface area contributed by atoms with E-state index in [0.717, 1.165) is 5.71 Å². The Kier molecular flexibility index (Phi) is 3.68. The van der Waals surface area contributed by atoms with Crippen LogP contribution in [0.5, 0.6) is 11.5 Å². The van der Waals surface area contributed by atoms with Crippen LogP contribution in [0.3, 0.4) is 0 Å². The van der Waals surface area contributed by atoms with Gasteiger partial charge in [0.15, 0.2) is 11.5 Å². The van der Waals surface area contributed by atoms with E-state index in [1.807, 2.05) is 25.1 Å². The summed E-state index contributed by atoms with van der Waals surface area (Å²) in [7, 11) is 0. The quantitative estimate of drug-likeness (QED) is 0.629. The molecular weight excluding hydrogens is 272 g/mol. The molecule has 0 spiro atoms. The largest absolute Gasteiger partial charge is 0.485 e. The summed E-state index contributed by atoms with van der Waals surface area (Å²) < 4.78 is 11.3. The van der Waals surface area contributed by atoms with Gasteiger partial charge < -0.3 is 19.6 Å². The Morgan fingerprint density at radius 2 is 2.14 bits per heavy atom. The third-order valence-electron chi connectivity index (χ3n) is 3.93. The lowest BCUT2D eigenvalue weighted by atomic mass is 9.97. The van der Waals surface area contributed by atoms with Crippen LogP contribution in [0.25, 0.3) is 0 Å². The number of likely N-dealkylation sites (tertiary alicyclic amines) is 1. The fourth-order valence-electron chi connectivity index (χ4n) is 2.72. The first kappa shape index (κ1) is 13.7. The van der Waals surface area contributed by atoms with E-state index >= 15 is 0 Å². The number of amides is 1. The van der Waals surface area contributed by atoms with E-state index in [9.17, 15) is 4.79 Å². The molecule has 2 aliphatic heterocycles. The average Bonchev–Trinajstić information content (AvgIpc) is 2.53. The van der Waals surface area contributed by atoms with Crippen LogP contribution in [0.1, 0.15) is 13.3 Å². The van der Waals surface area contributed by atoms with E-state index in [1.54, 1.807) is 11.0 Å². The molecule has 2 heterocycles. The maximum Gasteiger partial charge on any atom is 0.267 e. The Balaban J connectivity index is 1.67. The van der Waals surface area contributed by atoms with Crippen LogP contribution < -0.4 is 9.47 Å². The Morgan fingerprint density at radius 3 is 2.86 bits per heavy atom. The van der Waals surface area contributed by atoms with Crippen molar-refractivity contribution in [2.75, 3.05) is 19.7 Å². The molecule has 1 aromatic rings. The second kappa shape index (κ2) is 5.63. The summed E-state index contributed by atoms with van der Waals surface area (Å²) >= 11 is 0. The zero-order valence-corrected chi connectivity index (χ0v) is 11.9. The standard InChI is InChI=1S/C15H18N2O4/c1-10-8-17(7-6-11(10)16-19)15(18)14-9-20-12-4-2-3-5-13(12)21-14/h2-5,10,14,19H,6-9H2,1H3/b16-11+. The molecule has 1 amide bonds. The topological polar surface area (TPSA) is 71.4 Å². The minimum absolute atomic E-state index is 0.0597. The highest BCUT2D eigenvalue weighted by Crippen LogP contribution is 2.31. The molecule has 21 heavy (non-hydrogen) atoms. The fourth-order valence-corrected chi connectivity index (χ4v) is 2.72. The summed E-state index contributed by atoms with van der Waals surface area (Å²) in [6.45, 7) is 3.26. The third kappa shape index (κ3) is 2.66. The number of hydrogen-bond acceptors (Lipinski definition) is 5. The molecule has 2 unspecified atom stereocenters. The van der Waals surface area contributed by atoms with Crippen LogP contribution in [-0.2, 0) is 4.79 Å². The number of hydrogen-bond donors (Lipinski definition) is 1. The molecule has 1 aromatic carbocycles. The van der Waals surface area contributed by atoms with Gasteiger partial charge in [-0.1, -0.05) is 24.2 Å². The van der Waals surface area contributed by atoms with Gasteiger partial charge in [0.1, 0.15) is 6.61 Å². The van der Waals surface area contributed by atoms with Crippen molar-refractivity contribution in [2.24, 2.45) is 11.1 Å². The Hall–Kier alpha value is -2.24. The zero-order chi connectivity index (χ0) is 14.8. The molecule has 3 rings (SSSR count). The van der Waals surface area contributed by atoms with Gasteiger partial charge in [-0.2, -0.15) is 0 Å². The number of carbonyl (C=O) groups excluding carboxylic acids is 1. The normalized spacial score (nSPS) is 26.7. The van der Waals surface area contributed by atoms with E-state index in [4.69, 9.17) is 14.7 Å². The van der Waals surface area contributed by atoms with Crippen LogP contribution in [0.2, 0.25) is 0 Å². The molecule has 2 atom stereocenters. The van der Waals surface area contributed by atoms with Gasteiger partial charge in [0.25, 0.3) is 5.91 Å². The van der Waals surface area contributed by atoms with Crippen LogP contribution in [0.4, 0.5) is 0 Å². The van der Waals surface area contributed by atoms with Crippen LogP contribution in [0.15, 0.2) is 29.4 Å². The average molecular weight is 290 g/mol. The molecular formula is C15H18N2O4. The molecule has 0 bridgehead atoms. The van der Waals surface area contributed by atoms with E-state index in [0.29, 0.717) is 31.0 Å². The molecule has 0 aromatic heterocycles. The number of benzene rings is 1. The van der Waals surface area contributed by atoms with E-state index < -0.39 is 6.10 Å². The Bertz CT molecular complexity index is 573. The predicted molar refractivity (Wildman–Crippen MR) is 75.9 cm³/mol. The number of carbonyl (C=O) groups is 1. The molecule has 0 aliphatic carbocycles. The minimum Gasteiger partial charge on any atom is -0.485 e. The second-order valence-electron chi connectivity index (χ2n) is 5.39. The molecule has 1 saturated heterocycles. The van der Waals surface area contributed by atoms with Crippen molar-refractivity contribution in [3.8, 4) is 11.5 Å². The number of oxime groups is 1. The van der Waals surface area contributed by atoms with Gasteiger partial charge in [0, 0.05) is 25.4 Å². The molecule has 6 heteroatoms. The number of nitrogens with zero attached hydrogens (tertiary/aromatic N) is 2. The third-order valence-corrected chi connectivity index (χ3v) is 3.93. The van der Waals surface area contributed by atoms with Crippen LogP contribution in [-0.4, -0.2) is 47.5 Å². The summed E-state index contributed by atoms with van der Waals surface area (Å²) in [6.07, 6.45) is -0.0205. The van der Waals surface area contributed by atoms with Crippen molar-refractivity contribution >= 4 is 11.6 Å². The number of para-hydroxylation sites is 2. The second-order valence-corrected chi connectivity index (χ2v) is 5.39. The lowest BCUT2D eigenvalue weighted by molar-refractivity contribution is -0.141. The lowest BCUT2D eigenvalue weighted by Crippen LogP contribution is -2.51. The molecule has 112 valence electrons. The van der Waals surface area contributed by atoms with Crippen molar-refractivity contribution < 1.29 is 19.5 Å². The van der Waals surface area contributed by atoms with Crippen LogP contribution in [0, 0.1) is 5.92 Å². The van der Waals surface area contributed by atoms with Gasteiger partial charge in [-0.3, -0.25) is 4.79 Å². The Morgan fingerprint density at radius 1 is 1.38 bits per heavy atom. The fraction of sp³-hybridized carbons (Fsp3) is 0.467. The summed E-state index contributed by atoms with van der Waals surface area (Å²) in [5.41, 5.74) is 0.741. The molecule has 1 fully saturated rings. The molecule has 0 radical (unpaired) electrons. The number of fused-ring (bicyclic) bond motifs is 1. The maximum atomic E-state index is 12.5. The van der Waals surface area contributed by atoms with Crippen molar-refractivity contribution in [1.82, 2.24) is 4.90 Å². The first-order valence-corrected chi connectivity index (χ1v) is 7.07. The number of rotatable bonds is 1. The number of piperidine rings is 1. The molecule has 2 aliphatic rings. The van der Waals surface area contributed by atoms with Gasteiger partial charge in [-0.25, -0.2) is 0 Å². The molecule has 0 saturated carbocycles. The van der Waals surface area contributed by atoms with Crippen molar-refractivity contribution in [3.05, 3.63) is 24.3 Å². The number of ether oxygens (including phenoxy) is 2. The highest BCUT2D eigenvalue weighted by atomic mass is 16.6. The van der Waals surface area contributed by atoms with Gasteiger partial charge in [0.2, 0.25) is 6.10 Å². The molecule has 6 nitrogen and oxygen atoms in total. The lowest BCUT2D eigenvalue weighted by Gasteiger charge is -2.35. The summed E-state index contributed by atoms with van der Waals surface area (Å²) in [5.74, 6) is 1.26. The van der Waals surface area contributed by atoms with Crippen molar-refractivity contribution in [1.29, 1.82) is 0 Å². The SMILES string of the molecule is CC1CN(C(=O)C2COc3ccccc3O2)CC/C1=N\O. The highest BCUT2D eigenvalue weighted by molar-refractivity contribution is 5.90. The first-order chi connectivity index (χ1) is 10.2. The van der Waals surface area contributed by atoms with Crippen molar-refractivity contribution in [2.45, 2.75) is 19.4 Å². The summed E-state index contributed by atoms with van der Waals surface area (Å²) in [5, 5.41) is 12.2. The monoisotopic (exact) mass is 290 g/mol. The first-order valence-electron chi connectivity index (χ1n) is 7.07. The van der Waals surface area contributed by atoms with Gasteiger partial charge in [-0.15, -0.1) is 0 Å². The van der Waals surface area contributed by atoms with Crippen molar-refractivity contribution in [3.63, 3.8) is 0 Å². The minimum atomic E-state index is -0.611. The van der Waals surface area contributed by atoms with E-state index in [-0.39, 0.29) is 18.4 Å². The van der Waals surface area contributed by atoms with E-state index in [1.165, 1.54) is 0 Å². The zero-order valence-electron chi connectivity index (χ0n) is 11.9. The highest BCUT2D eigenvalue weighted by Gasteiger charge is 2.34.